The molecule has 0 radical (unpaired) electrons. The topological polar surface area (TPSA) is 46.2 Å². The van der Waals surface area contributed by atoms with E-state index in [-0.39, 0.29) is 17.7 Å². The van der Waals surface area contributed by atoms with Crippen molar-refractivity contribution >= 4 is 32.4 Å². The Bertz CT molecular complexity index is 710. The number of rotatable bonds is 6. The quantitative estimate of drug-likeness (QED) is 0.823. The third-order valence-electron chi connectivity index (χ3n) is 3.41. The van der Waals surface area contributed by atoms with Gasteiger partial charge in [-0.2, -0.15) is 0 Å². The summed E-state index contributed by atoms with van der Waals surface area (Å²) in [6.07, 6.45) is 0. The van der Waals surface area contributed by atoms with E-state index in [0.717, 1.165) is 16.3 Å². The lowest BCUT2D eigenvalue weighted by molar-refractivity contribution is 0.556. The van der Waals surface area contributed by atoms with Crippen LogP contribution < -0.4 is 4.72 Å². The number of sulfonamides is 1. The fraction of sp³-hybridized carbons (Fsp3) is 0.375. The molecule has 0 bridgehead atoms. The zero-order chi connectivity index (χ0) is 15.5. The summed E-state index contributed by atoms with van der Waals surface area (Å²) in [7, 11) is -3.34. The number of hydrogen-bond acceptors (Lipinski definition) is 2. The van der Waals surface area contributed by atoms with Crippen molar-refractivity contribution in [1.82, 2.24) is 4.72 Å². The van der Waals surface area contributed by atoms with Crippen LogP contribution in [0.25, 0.3) is 10.8 Å². The Morgan fingerprint density at radius 1 is 1.10 bits per heavy atom. The molecule has 0 aliphatic heterocycles. The molecule has 21 heavy (non-hydrogen) atoms. The number of fused-ring (bicyclic) bond motifs is 1. The standard InChI is InChI=1S/C16H20ClNO2S/c1-12(10-17)11-21(19,20)18-13(2)15-9-5-7-14-6-3-4-8-16(14)15/h3-9,12-13,18H,10-11H2,1-2H3. The van der Waals surface area contributed by atoms with Gasteiger partial charge < -0.3 is 0 Å². The molecule has 114 valence electrons. The fourth-order valence-corrected chi connectivity index (χ4v) is 4.30. The largest absolute Gasteiger partial charge is 0.212 e. The Morgan fingerprint density at radius 3 is 2.48 bits per heavy atom. The first kappa shape index (κ1) is 16.3. The Morgan fingerprint density at radius 2 is 1.76 bits per heavy atom. The van der Waals surface area contributed by atoms with Gasteiger partial charge in [0.1, 0.15) is 0 Å². The number of nitrogens with one attached hydrogen (secondary N) is 1. The minimum atomic E-state index is -3.34. The molecule has 5 heteroatoms. The predicted molar refractivity (Wildman–Crippen MR) is 89.2 cm³/mol. The summed E-state index contributed by atoms with van der Waals surface area (Å²) in [5.74, 6) is 0.318. The van der Waals surface area contributed by atoms with Gasteiger partial charge in [0.2, 0.25) is 10.0 Å². The summed E-state index contributed by atoms with van der Waals surface area (Å²) in [4.78, 5) is 0. The summed E-state index contributed by atoms with van der Waals surface area (Å²) in [5, 5.41) is 2.18. The molecule has 1 N–H and O–H groups in total. The van der Waals surface area contributed by atoms with Crippen molar-refractivity contribution in [1.29, 1.82) is 0 Å². The van der Waals surface area contributed by atoms with Crippen molar-refractivity contribution in [3.63, 3.8) is 0 Å². The maximum Gasteiger partial charge on any atom is 0.212 e. The maximum atomic E-state index is 12.1. The smallest absolute Gasteiger partial charge is 0.212 e. The van der Waals surface area contributed by atoms with Crippen molar-refractivity contribution in [3.8, 4) is 0 Å². The van der Waals surface area contributed by atoms with E-state index in [2.05, 4.69) is 4.72 Å². The zero-order valence-corrected chi connectivity index (χ0v) is 13.8. The number of hydrogen-bond donors (Lipinski definition) is 1. The van der Waals surface area contributed by atoms with Gasteiger partial charge in [-0.1, -0.05) is 49.4 Å². The molecule has 2 unspecified atom stereocenters. The van der Waals surface area contributed by atoms with Gasteiger partial charge in [0.05, 0.1) is 5.75 Å². The van der Waals surface area contributed by atoms with Crippen LogP contribution in [0.4, 0.5) is 0 Å². The highest BCUT2D eigenvalue weighted by Gasteiger charge is 2.19. The summed E-state index contributed by atoms with van der Waals surface area (Å²) >= 11 is 5.70. The van der Waals surface area contributed by atoms with Crippen LogP contribution in [0.5, 0.6) is 0 Å². The van der Waals surface area contributed by atoms with E-state index < -0.39 is 10.0 Å². The molecule has 0 amide bonds. The van der Waals surface area contributed by atoms with Crippen LogP contribution in [0.1, 0.15) is 25.5 Å². The third kappa shape index (κ3) is 4.19. The highest BCUT2D eigenvalue weighted by Crippen LogP contribution is 2.24. The molecule has 3 nitrogen and oxygen atoms in total. The Hall–Kier alpha value is -1.10. The molecule has 0 aliphatic rings. The van der Waals surface area contributed by atoms with Gasteiger partial charge >= 0.3 is 0 Å². The SMILES string of the molecule is CC(CCl)CS(=O)(=O)NC(C)c1cccc2ccccc12. The molecular weight excluding hydrogens is 306 g/mol. The van der Waals surface area contributed by atoms with Crippen molar-refractivity contribution < 1.29 is 8.42 Å². The predicted octanol–water partition coefficient (Wildman–Crippen LogP) is 3.70. The summed E-state index contributed by atoms with van der Waals surface area (Å²) in [6, 6.07) is 13.6. The second-order valence-corrected chi connectivity index (χ2v) is 7.56. The highest BCUT2D eigenvalue weighted by molar-refractivity contribution is 7.89. The number of benzene rings is 2. The van der Waals surface area contributed by atoms with E-state index in [1.807, 2.05) is 56.3 Å². The first-order valence-electron chi connectivity index (χ1n) is 6.96. The number of halogens is 1. The molecule has 2 aromatic carbocycles. The Labute approximate surface area is 131 Å². The summed E-state index contributed by atoms with van der Waals surface area (Å²) in [5.41, 5.74) is 0.982. The monoisotopic (exact) mass is 325 g/mol. The van der Waals surface area contributed by atoms with Crippen LogP contribution in [0.15, 0.2) is 42.5 Å². The van der Waals surface area contributed by atoms with E-state index >= 15 is 0 Å². The van der Waals surface area contributed by atoms with E-state index in [1.54, 1.807) is 0 Å². The van der Waals surface area contributed by atoms with Crippen LogP contribution in [-0.4, -0.2) is 20.1 Å². The van der Waals surface area contributed by atoms with Crippen molar-refractivity contribution in [2.45, 2.75) is 19.9 Å². The second-order valence-electron chi connectivity index (χ2n) is 5.45. The van der Waals surface area contributed by atoms with Gasteiger partial charge in [0.15, 0.2) is 0 Å². The van der Waals surface area contributed by atoms with Crippen LogP contribution in [0.2, 0.25) is 0 Å². The zero-order valence-electron chi connectivity index (χ0n) is 12.2. The summed E-state index contributed by atoms with van der Waals surface area (Å²) < 4.78 is 27.0. The van der Waals surface area contributed by atoms with Gasteiger partial charge in [-0.05, 0) is 29.2 Å². The van der Waals surface area contributed by atoms with Crippen LogP contribution >= 0.6 is 11.6 Å². The molecule has 2 atom stereocenters. The molecular formula is C16H20ClNO2S. The molecule has 0 heterocycles. The van der Waals surface area contributed by atoms with Crippen molar-refractivity contribution in [3.05, 3.63) is 48.0 Å². The molecule has 0 fully saturated rings. The van der Waals surface area contributed by atoms with Crippen molar-refractivity contribution in [2.75, 3.05) is 11.6 Å². The lowest BCUT2D eigenvalue weighted by atomic mass is 10.0. The molecule has 0 spiro atoms. The van der Waals surface area contributed by atoms with Crippen LogP contribution in [0, 0.1) is 5.92 Å². The molecule has 0 aliphatic carbocycles. The van der Waals surface area contributed by atoms with E-state index in [0.29, 0.717) is 5.88 Å². The average Bonchev–Trinajstić information content (AvgIpc) is 2.45. The van der Waals surface area contributed by atoms with Gasteiger partial charge in [-0.15, -0.1) is 11.6 Å². The van der Waals surface area contributed by atoms with Gasteiger partial charge in [-0.25, -0.2) is 13.1 Å². The second kappa shape index (κ2) is 6.77. The molecule has 2 aromatic rings. The molecule has 0 aromatic heterocycles. The van der Waals surface area contributed by atoms with E-state index in [9.17, 15) is 8.42 Å². The Balaban J connectivity index is 2.25. The van der Waals surface area contributed by atoms with E-state index in [1.165, 1.54) is 0 Å². The van der Waals surface area contributed by atoms with E-state index in [4.69, 9.17) is 11.6 Å². The maximum absolute atomic E-state index is 12.1. The lowest BCUT2D eigenvalue weighted by Crippen LogP contribution is -2.31. The molecule has 0 saturated heterocycles. The van der Waals surface area contributed by atoms with Gasteiger partial charge in [0.25, 0.3) is 0 Å². The van der Waals surface area contributed by atoms with Crippen molar-refractivity contribution in [2.24, 2.45) is 5.92 Å². The first-order valence-corrected chi connectivity index (χ1v) is 9.15. The summed E-state index contributed by atoms with van der Waals surface area (Å²) in [6.45, 7) is 3.69. The molecule has 0 saturated carbocycles. The minimum absolute atomic E-state index is 0.0472. The fourth-order valence-electron chi connectivity index (χ4n) is 2.43. The van der Waals surface area contributed by atoms with Crippen LogP contribution in [0.3, 0.4) is 0 Å². The van der Waals surface area contributed by atoms with Gasteiger partial charge in [-0.3, -0.25) is 0 Å². The third-order valence-corrected chi connectivity index (χ3v) is 5.66. The molecule has 2 rings (SSSR count). The lowest BCUT2D eigenvalue weighted by Gasteiger charge is -2.18. The minimum Gasteiger partial charge on any atom is -0.212 e. The first-order chi connectivity index (χ1) is 9.93. The van der Waals surface area contributed by atoms with Gasteiger partial charge in [0, 0.05) is 11.9 Å². The normalized spacial score (nSPS) is 15.0. The van der Waals surface area contributed by atoms with Crippen LogP contribution in [-0.2, 0) is 10.0 Å². The number of alkyl halides is 1. The highest BCUT2D eigenvalue weighted by atomic mass is 35.5. The average molecular weight is 326 g/mol. The Kier molecular flexibility index (Phi) is 5.25.